The molecule has 18 heavy (non-hydrogen) atoms. The van der Waals surface area contributed by atoms with Crippen LogP contribution in [0.5, 0.6) is 0 Å². The highest BCUT2D eigenvalue weighted by molar-refractivity contribution is 6.31. The second-order valence-corrected chi connectivity index (χ2v) is 4.48. The average molecular weight is 262 g/mol. The zero-order valence-corrected chi connectivity index (χ0v) is 11.1. The number of pyridine rings is 1. The lowest BCUT2D eigenvalue weighted by Crippen LogP contribution is -2.22. The Morgan fingerprint density at radius 2 is 1.94 bits per heavy atom. The van der Waals surface area contributed by atoms with Gasteiger partial charge in [-0.25, -0.2) is 0 Å². The van der Waals surface area contributed by atoms with E-state index in [9.17, 15) is 0 Å². The lowest BCUT2D eigenvalue weighted by molar-refractivity contribution is 0.830. The van der Waals surface area contributed by atoms with E-state index in [2.05, 4.69) is 16.8 Å². The van der Waals surface area contributed by atoms with Gasteiger partial charge >= 0.3 is 0 Å². The lowest BCUT2D eigenvalue weighted by Gasteiger charge is -2.23. The molecule has 1 heterocycles. The van der Waals surface area contributed by atoms with E-state index in [4.69, 9.17) is 17.3 Å². The van der Waals surface area contributed by atoms with Gasteiger partial charge in [-0.1, -0.05) is 11.6 Å². The number of nitrogens with zero attached hydrogens (tertiary/aromatic N) is 2. The average Bonchev–Trinajstić information content (AvgIpc) is 2.39. The number of nitrogen functional groups attached to an aromatic ring is 1. The van der Waals surface area contributed by atoms with Gasteiger partial charge in [-0.15, -0.1) is 0 Å². The molecule has 0 fully saturated rings. The van der Waals surface area contributed by atoms with E-state index in [-0.39, 0.29) is 0 Å². The zero-order valence-electron chi connectivity index (χ0n) is 10.3. The fourth-order valence-electron chi connectivity index (χ4n) is 1.81. The molecule has 0 atom stereocenters. The van der Waals surface area contributed by atoms with Gasteiger partial charge in [0.2, 0.25) is 0 Å². The van der Waals surface area contributed by atoms with Crippen LogP contribution in [-0.2, 0) is 6.54 Å². The largest absolute Gasteiger partial charge is 0.399 e. The highest BCUT2D eigenvalue weighted by Crippen LogP contribution is 2.21. The van der Waals surface area contributed by atoms with Crippen LogP contribution in [0, 0.1) is 0 Å². The molecule has 2 rings (SSSR count). The third-order valence-corrected chi connectivity index (χ3v) is 3.20. The first-order valence-electron chi connectivity index (χ1n) is 5.89. The maximum absolute atomic E-state index is 6.13. The van der Waals surface area contributed by atoms with Crippen molar-refractivity contribution in [1.29, 1.82) is 0 Å². The number of rotatable bonds is 4. The quantitative estimate of drug-likeness (QED) is 0.859. The van der Waals surface area contributed by atoms with Crippen molar-refractivity contribution in [1.82, 2.24) is 4.98 Å². The maximum Gasteiger partial charge on any atom is 0.0639 e. The second kappa shape index (κ2) is 5.74. The van der Waals surface area contributed by atoms with E-state index < -0.39 is 0 Å². The summed E-state index contributed by atoms with van der Waals surface area (Å²) in [7, 11) is 0. The van der Waals surface area contributed by atoms with Crippen LogP contribution in [0.2, 0.25) is 5.02 Å². The minimum absolute atomic E-state index is 0.700. The second-order valence-electron chi connectivity index (χ2n) is 4.07. The Bertz CT molecular complexity index is 511. The predicted molar refractivity (Wildman–Crippen MR) is 76.8 cm³/mol. The molecular formula is C14H16ClN3. The molecule has 0 bridgehead atoms. The van der Waals surface area contributed by atoms with Gasteiger partial charge < -0.3 is 10.6 Å². The van der Waals surface area contributed by atoms with E-state index in [0.717, 1.165) is 30.0 Å². The van der Waals surface area contributed by atoms with Crippen LogP contribution in [0.1, 0.15) is 12.5 Å². The van der Waals surface area contributed by atoms with Crippen LogP contribution in [0.25, 0.3) is 0 Å². The normalized spacial score (nSPS) is 10.3. The van der Waals surface area contributed by atoms with Crippen molar-refractivity contribution in [3.63, 3.8) is 0 Å². The number of hydrogen-bond donors (Lipinski definition) is 1. The third-order valence-electron chi connectivity index (χ3n) is 2.86. The molecule has 0 radical (unpaired) electrons. The van der Waals surface area contributed by atoms with Crippen LogP contribution >= 0.6 is 11.6 Å². The van der Waals surface area contributed by atoms with Gasteiger partial charge in [0.1, 0.15) is 0 Å². The van der Waals surface area contributed by atoms with E-state index >= 15 is 0 Å². The number of anilines is 2. The van der Waals surface area contributed by atoms with Gasteiger partial charge in [0.15, 0.2) is 0 Å². The fourth-order valence-corrected chi connectivity index (χ4v) is 1.99. The minimum atomic E-state index is 0.700. The highest BCUT2D eigenvalue weighted by Gasteiger charge is 2.07. The summed E-state index contributed by atoms with van der Waals surface area (Å²) < 4.78 is 0. The molecule has 94 valence electrons. The van der Waals surface area contributed by atoms with Crippen LogP contribution in [0.15, 0.2) is 42.7 Å². The van der Waals surface area contributed by atoms with Gasteiger partial charge in [-0.3, -0.25) is 4.98 Å². The standard InChI is InChI=1S/C14H16ClN3/c1-2-18(13-5-3-12(16)4-6-13)10-11-7-8-17-9-14(11)15/h3-9H,2,10,16H2,1H3. The highest BCUT2D eigenvalue weighted by atomic mass is 35.5. The fraction of sp³-hybridized carbons (Fsp3) is 0.214. The Balaban J connectivity index is 2.20. The Morgan fingerprint density at radius 1 is 1.22 bits per heavy atom. The zero-order chi connectivity index (χ0) is 13.0. The summed E-state index contributed by atoms with van der Waals surface area (Å²) in [5.41, 5.74) is 8.68. The molecular weight excluding hydrogens is 246 g/mol. The number of hydrogen-bond acceptors (Lipinski definition) is 3. The van der Waals surface area contributed by atoms with Crippen molar-refractivity contribution in [2.24, 2.45) is 0 Å². The number of aromatic nitrogens is 1. The van der Waals surface area contributed by atoms with E-state index in [1.807, 2.05) is 30.3 Å². The predicted octanol–water partition coefficient (Wildman–Crippen LogP) is 3.34. The molecule has 0 amide bonds. The Hall–Kier alpha value is -1.74. The molecule has 3 nitrogen and oxygen atoms in total. The summed E-state index contributed by atoms with van der Waals surface area (Å²) in [5, 5.41) is 0.700. The van der Waals surface area contributed by atoms with Crippen molar-refractivity contribution in [2.45, 2.75) is 13.5 Å². The van der Waals surface area contributed by atoms with E-state index in [1.54, 1.807) is 12.4 Å². The van der Waals surface area contributed by atoms with Crippen molar-refractivity contribution in [3.05, 3.63) is 53.3 Å². The molecule has 0 spiro atoms. The SMILES string of the molecule is CCN(Cc1ccncc1Cl)c1ccc(N)cc1. The van der Waals surface area contributed by atoms with Crippen LogP contribution in [0.3, 0.4) is 0 Å². The smallest absolute Gasteiger partial charge is 0.0639 e. The molecule has 2 N–H and O–H groups in total. The van der Waals surface area contributed by atoms with Crippen molar-refractivity contribution in [3.8, 4) is 0 Å². The third kappa shape index (κ3) is 2.93. The first-order valence-corrected chi connectivity index (χ1v) is 6.27. The van der Waals surface area contributed by atoms with Crippen molar-refractivity contribution in [2.75, 3.05) is 17.2 Å². The molecule has 1 aromatic carbocycles. The van der Waals surface area contributed by atoms with Crippen LogP contribution < -0.4 is 10.6 Å². The van der Waals surface area contributed by atoms with Gasteiger partial charge in [-0.05, 0) is 42.8 Å². The van der Waals surface area contributed by atoms with Gasteiger partial charge in [0, 0.05) is 36.9 Å². The number of nitrogens with two attached hydrogens (primary N) is 1. The van der Waals surface area contributed by atoms with E-state index in [1.165, 1.54) is 0 Å². The Morgan fingerprint density at radius 3 is 2.56 bits per heavy atom. The van der Waals surface area contributed by atoms with E-state index in [0.29, 0.717) is 5.02 Å². The number of benzene rings is 1. The molecule has 1 aromatic heterocycles. The summed E-state index contributed by atoms with van der Waals surface area (Å²) >= 11 is 6.13. The Kier molecular flexibility index (Phi) is 4.05. The molecule has 0 saturated heterocycles. The molecule has 2 aromatic rings. The summed E-state index contributed by atoms with van der Waals surface area (Å²) in [5.74, 6) is 0. The van der Waals surface area contributed by atoms with Gasteiger partial charge in [0.25, 0.3) is 0 Å². The van der Waals surface area contributed by atoms with Gasteiger partial charge in [0.05, 0.1) is 5.02 Å². The molecule has 0 aliphatic rings. The molecule has 0 saturated carbocycles. The molecule has 0 unspecified atom stereocenters. The monoisotopic (exact) mass is 261 g/mol. The van der Waals surface area contributed by atoms with Gasteiger partial charge in [-0.2, -0.15) is 0 Å². The topological polar surface area (TPSA) is 42.2 Å². The minimum Gasteiger partial charge on any atom is -0.399 e. The molecule has 4 heteroatoms. The van der Waals surface area contributed by atoms with Crippen LogP contribution in [-0.4, -0.2) is 11.5 Å². The van der Waals surface area contributed by atoms with Crippen molar-refractivity contribution >= 4 is 23.0 Å². The molecule has 0 aliphatic heterocycles. The summed E-state index contributed by atoms with van der Waals surface area (Å²) in [6.07, 6.45) is 3.44. The molecule has 0 aliphatic carbocycles. The first-order chi connectivity index (χ1) is 8.70. The lowest BCUT2D eigenvalue weighted by atomic mass is 10.2. The summed E-state index contributed by atoms with van der Waals surface area (Å²) in [6, 6.07) is 9.81. The van der Waals surface area contributed by atoms with Crippen LogP contribution in [0.4, 0.5) is 11.4 Å². The summed E-state index contributed by atoms with van der Waals surface area (Å²) in [6.45, 7) is 3.79. The summed E-state index contributed by atoms with van der Waals surface area (Å²) in [4.78, 5) is 6.23. The maximum atomic E-state index is 6.13. The first kappa shape index (κ1) is 12.7. The van der Waals surface area contributed by atoms with Crippen molar-refractivity contribution < 1.29 is 0 Å². The Labute approximate surface area is 112 Å². The number of halogens is 1.